The van der Waals surface area contributed by atoms with Gasteiger partial charge in [-0.25, -0.2) is 4.39 Å². The molecular weight excluding hydrogens is 189 g/mol. The number of rotatable bonds is 1. The highest BCUT2D eigenvalue weighted by Gasteiger charge is 2.10. The molecule has 0 unspecified atom stereocenters. The van der Waals surface area contributed by atoms with E-state index in [0.717, 1.165) is 11.1 Å². The van der Waals surface area contributed by atoms with Crippen molar-refractivity contribution in [2.75, 3.05) is 5.73 Å². The summed E-state index contributed by atoms with van der Waals surface area (Å²) in [4.78, 5) is 0. The highest BCUT2D eigenvalue weighted by Crippen LogP contribution is 2.29. The third-order valence-corrected chi connectivity index (χ3v) is 2.44. The standard InChI is InChI=1S/C13H12FN/c1-9-7-8-11(15)13(14)12(9)10-5-3-2-4-6-10/h2-8H,15H2,1H3. The lowest BCUT2D eigenvalue weighted by Gasteiger charge is -2.09. The van der Waals surface area contributed by atoms with E-state index in [1.807, 2.05) is 43.3 Å². The van der Waals surface area contributed by atoms with Gasteiger partial charge in [0.2, 0.25) is 0 Å². The predicted octanol–water partition coefficient (Wildman–Crippen LogP) is 3.38. The first kappa shape index (κ1) is 9.71. The lowest BCUT2D eigenvalue weighted by molar-refractivity contribution is 0.635. The second-order valence-corrected chi connectivity index (χ2v) is 3.53. The van der Waals surface area contributed by atoms with Crippen LogP contribution >= 0.6 is 0 Å². The first-order chi connectivity index (χ1) is 7.20. The Morgan fingerprint density at radius 3 is 2.33 bits per heavy atom. The Morgan fingerprint density at radius 2 is 1.67 bits per heavy atom. The van der Waals surface area contributed by atoms with E-state index in [1.54, 1.807) is 6.07 Å². The summed E-state index contributed by atoms with van der Waals surface area (Å²) in [7, 11) is 0. The van der Waals surface area contributed by atoms with Crippen molar-refractivity contribution in [3.63, 3.8) is 0 Å². The summed E-state index contributed by atoms with van der Waals surface area (Å²) in [5.74, 6) is -0.332. The number of anilines is 1. The third-order valence-electron chi connectivity index (χ3n) is 2.44. The van der Waals surface area contributed by atoms with Crippen molar-refractivity contribution < 1.29 is 4.39 Å². The number of benzene rings is 2. The van der Waals surface area contributed by atoms with E-state index in [2.05, 4.69) is 0 Å². The molecule has 0 saturated heterocycles. The van der Waals surface area contributed by atoms with E-state index in [9.17, 15) is 4.39 Å². The molecule has 2 aromatic rings. The van der Waals surface area contributed by atoms with Crippen LogP contribution in [0, 0.1) is 12.7 Å². The van der Waals surface area contributed by atoms with Crippen LogP contribution in [0.2, 0.25) is 0 Å². The summed E-state index contributed by atoms with van der Waals surface area (Å²) >= 11 is 0. The molecule has 0 aliphatic carbocycles. The van der Waals surface area contributed by atoms with Crippen molar-refractivity contribution in [2.45, 2.75) is 6.92 Å². The maximum Gasteiger partial charge on any atom is 0.154 e. The molecule has 1 nitrogen and oxygen atoms in total. The number of halogens is 1. The SMILES string of the molecule is Cc1ccc(N)c(F)c1-c1ccccc1. The predicted molar refractivity (Wildman–Crippen MR) is 61.0 cm³/mol. The van der Waals surface area contributed by atoms with Gasteiger partial charge in [-0.05, 0) is 24.1 Å². The molecule has 0 fully saturated rings. The van der Waals surface area contributed by atoms with Crippen molar-refractivity contribution in [1.82, 2.24) is 0 Å². The van der Waals surface area contributed by atoms with Crippen molar-refractivity contribution in [3.05, 3.63) is 53.8 Å². The minimum Gasteiger partial charge on any atom is -0.396 e. The molecule has 0 aliphatic rings. The summed E-state index contributed by atoms with van der Waals surface area (Å²) in [6.07, 6.45) is 0. The number of nitrogen functional groups attached to an aromatic ring is 1. The van der Waals surface area contributed by atoms with E-state index in [0.29, 0.717) is 5.56 Å². The van der Waals surface area contributed by atoms with E-state index in [1.165, 1.54) is 0 Å². The van der Waals surface area contributed by atoms with Crippen molar-refractivity contribution in [1.29, 1.82) is 0 Å². The second kappa shape index (κ2) is 3.73. The Labute approximate surface area is 88.4 Å². The fourth-order valence-electron chi connectivity index (χ4n) is 1.65. The Hall–Kier alpha value is -1.83. The van der Waals surface area contributed by atoms with Crippen LogP contribution in [0.15, 0.2) is 42.5 Å². The molecule has 0 atom stereocenters. The first-order valence-corrected chi connectivity index (χ1v) is 4.80. The zero-order valence-corrected chi connectivity index (χ0v) is 8.50. The number of aryl methyl sites for hydroxylation is 1. The maximum atomic E-state index is 13.8. The average Bonchev–Trinajstić information content (AvgIpc) is 2.26. The summed E-state index contributed by atoms with van der Waals surface area (Å²) in [6, 6.07) is 12.9. The number of hydrogen-bond donors (Lipinski definition) is 1. The molecule has 0 amide bonds. The topological polar surface area (TPSA) is 26.0 Å². The third kappa shape index (κ3) is 1.71. The van der Waals surface area contributed by atoms with Crippen LogP contribution in [0.4, 0.5) is 10.1 Å². The number of nitrogens with two attached hydrogens (primary N) is 1. The lowest BCUT2D eigenvalue weighted by atomic mass is 9.99. The molecule has 0 aromatic heterocycles. The van der Waals surface area contributed by atoms with Gasteiger partial charge in [0, 0.05) is 5.56 Å². The summed E-state index contributed by atoms with van der Waals surface area (Å²) in [6.45, 7) is 1.88. The molecule has 15 heavy (non-hydrogen) atoms. The highest BCUT2D eigenvalue weighted by atomic mass is 19.1. The lowest BCUT2D eigenvalue weighted by Crippen LogP contribution is -1.95. The van der Waals surface area contributed by atoms with Gasteiger partial charge in [-0.2, -0.15) is 0 Å². The quantitative estimate of drug-likeness (QED) is 0.703. The van der Waals surface area contributed by atoms with Crippen LogP contribution < -0.4 is 5.73 Å². The van der Waals surface area contributed by atoms with Crippen LogP contribution in [-0.4, -0.2) is 0 Å². The second-order valence-electron chi connectivity index (χ2n) is 3.53. The minimum absolute atomic E-state index is 0.194. The zero-order chi connectivity index (χ0) is 10.8. The summed E-state index contributed by atoms with van der Waals surface area (Å²) < 4.78 is 13.8. The van der Waals surface area contributed by atoms with E-state index in [4.69, 9.17) is 5.73 Å². The van der Waals surface area contributed by atoms with Crippen LogP contribution in [0.3, 0.4) is 0 Å². The smallest absolute Gasteiger partial charge is 0.154 e. The average molecular weight is 201 g/mol. The Bertz CT molecular complexity index is 477. The van der Waals surface area contributed by atoms with Gasteiger partial charge >= 0.3 is 0 Å². The van der Waals surface area contributed by atoms with Gasteiger partial charge < -0.3 is 5.73 Å². The monoisotopic (exact) mass is 201 g/mol. The van der Waals surface area contributed by atoms with Gasteiger partial charge in [-0.15, -0.1) is 0 Å². The normalized spacial score (nSPS) is 10.3. The highest BCUT2D eigenvalue weighted by molar-refractivity contribution is 5.71. The molecule has 0 spiro atoms. The van der Waals surface area contributed by atoms with Crippen LogP contribution in [0.25, 0.3) is 11.1 Å². The fraction of sp³-hybridized carbons (Fsp3) is 0.0769. The molecule has 2 heteroatoms. The summed E-state index contributed by atoms with van der Waals surface area (Å²) in [5.41, 5.74) is 8.10. The van der Waals surface area contributed by atoms with Crippen molar-refractivity contribution in [2.24, 2.45) is 0 Å². The van der Waals surface area contributed by atoms with Crippen LogP contribution in [-0.2, 0) is 0 Å². The van der Waals surface area contributed by atoms with Crippen molar-refractivity contribution in [3.8, 4) is 11.1 Å². The van der Waals surface area contributed by atoms with Gasteiger partial charge in [0.05, 0.1) is 5.69 Å². The van der Waals surface area contributed by atoms with Gasteiger partial charge in [0.25, 0.3) is 0 Å². The molecular formula is C13H12FN. The Kier molecular flexibility index (Phi) is 2.42. The van der Waals surface area contributed by atoms with E-state index < -0.39 is 0 Å². The molecule has 0 radical (unpaired) electrons. The minimum atomic E-state index is -0.332. The molecule has 0 aliphatic heterocycles. The van der Waals surface area contributed by atoms with Gasteiger partial charge in [0.1, 0.15) is 0 Å². The van der Waals surface area contributed by atoms with E-state index in [-0.39, 0.29) is 11.5 Å². The van der Waals surface area contributed by atoms with Gasteiger partial charge in [-0.3, -0.25) is 0 Å². The molecule has 2 N–H and O–H groups in total. The fourth-order valence-corrected chi connectivity index (χ4v) is 1.65. The Morgan fingerprint density at radius 1 is 1.00 bits per heavy atom. The number of hydrogen-bond acceptors (Lipinski definition) is 1. The van der Waals surface area contributed by atoms with Crippen LogP contribution in [0.5, 0.6) is 0 Å². The van der Waals surface area contributed by atoms with Crippen molar-refractivity contribution >= 4 is 5.69 Å². The largest absolute Gasteiger partial charge is 0.396 e. The molecule has 0 bridgehead atoms. The molecule has 2 aromatic carbocycles. The molecule has 0 saturated carbocycles. The zero-order valence-electron chi connectivity index (χ0n) is 8.50. The van der Waals surface area contributed by atoms with Gasteiger partial charge in [-0.1, -0.05) is 36.4 Å². The Balaban J connectivity index is 2.68. The maximum absolute atomic E-state index is 13.8. The molecule has 2 rings (SSSR count). The molecule has 76 valence electrons. The van der Waals surface area contributed by atoms with E-state index >= 15 is 0 Å². The summed E-state index contributed by atoms with van der Waals surface area (Å²) in [5, 5.41) is 0. The van der Waals surface area contributed by atoms with Crippen LogP contribution in [0.1, 0.15) is 5.56 Å². The molecule has 0 heterocycles. The first-order valence-electron chi connectivity index (χ1n) is 4.80. The van der Waals surface area contributed by atoms with Gasteiger partial charge in [0.15, 0.2) is 5.82 Å².